The van der Waals surface area contributed by atoms with Crippen molar-refractivity contribution in [3.63, 3.8) is 0 Å². The van der Waals surface area contributed by atoms with Gasteiger partial charge in [0, 0.05) is 50.2 Å². The Hall–Kier alpha value is -2.34. The zero-order valence-corrected chi connectivity index (χ0v) is 15.5. The number of hydrogen-bond donors (Lipinski definition) is 1. The summed E-state index contributed by atoms with van der Waals surface area (Å²) < 4.78 is 13.7. The number of piperidine rings is 1. The van der Waals surface area contributed by atoms with E-state index in [4.69, 9.17) is 4.98 Å². The van der Waals surface area contributed by atoms with E-state index in [0.29, 0.717) is 37.4 Å². The second kappa shape index (κ2) is 8.13. The Morgan fingerprint density at radius 3 is 3.04 bits per heavy atom. The number of rotatable bonds is 4. The quantitative estimate of drug-likeness (QED) is 0.901. The zero-order valence-electron chi connectivity index (χ0n) is 15.5. The maximum Gasteiger partial charge on any atom is 0.223 e. The fourth-order valence-corrected chi connectivity index (χ4v) is 3.91. The van der Waals surface area contributed by atoms with Crippen molar-refractivity contribution in [1.82, 2.24) is 20.2 Å². The molecule has 1 amide bonds. The minimum absolute atomic E-state index is 0.0597. The van der Waals surface area contributed by atoms with Gasteiger partial charge in [-0.1, -0.05) is 18.2 Å². The average Bonchev–Trinajstić information content (AvgIpc) is 2.73. The van der Waals surface area contributed by atoms with Crippen LogP contribution in [0, 0.1) is 5.82 Å². The molecule has 0 bridgehead atoms. The van der Waals surface area contributed by atoms with Gasteiger partial charge in [-0.3, -0.25) is 4.79 Å². The van der Waals surface area contributed by atoms with E-state index in [-0.39, 0.29) is 11.7 Å². The Bertz CT molecular complexity index is 820. The number of benzene rings is 1. The number of nitrogens with zero attached hydrogens (tertiary/aromatic N) is 3. The molecule has 1 saturated heterocycles. The molecule has 6 heteroatoms. The molecule has 1 aromatic carbocycles. The van der Waals surface area contributed by atoms with Gasteiger partial charge in [0.15, 0.2) is 0 Å². The Morgan fingerprint density at radius 2 is 2.22 bits per heavy atom. The highest BCUT2D eigenvalue weighted by Gasteiger charge is 2.24. The summed E-state index contributed by atoms with van der Waals surface area (Å²) in [6, 6.07) is 6.65. The molecular formula is C21H25FN4O. The van der Waals surface area contributed by atoms with E-state index in [1.54, 1.807) is 18.2 Å². The van der Waals surface area contributed by atoms with E-state index < -0.39 is 0 Å². The molecule has 1 fully saturated rings. The van der Waals surface area contributed by atoms with Gasteiger partial charge in [-0.05, 0) is 37.4 Å². The van der Waals surface area contributed by atoms with Crippen molar-refractivity contribution in [3.8, 4) is 0 Å². The van der Waals surface area contributed by atoms with Gasteiger partial charge in [0.25, 0.3) is 0 Å². The van der Waals surface area contributed by atoms with E-state index in [1.165, 1.54) is 6.07 Å². The van der Waals surface area contributed by atoms with Crippen molar-refractivity contribution in [1.29, 1.82) is 0 Å². The van der Waals surface area contributed by atoms with Crippen molar-refractivity contribution in [3.05, 3.63) is 58.9 Å². The van der Waals surface area contributed by atoms with Crippen LogP contribution in [0.3, 0.4) is 0 Å². The third-order valence-electron chi connectivity index (χ3n) is 5.53. The lowest BCUT2D eigenvalue weighted by atomic mass is 9.98. The Morgan fingerprint density at radius 1 is 1.33 bits per heavy atom. The largest absolute Gasteiger partial charge is 0.338 e. The number of amides is 1. The molecule has 0 spiro atoms. The van der Waals surface area contributed by atoms with Crippen LogP contribution in [0.25, 0.3) is 0 Å². The van der Waals surface area contributed by atoms with Crippen LogP contribution in [0.2, 0.25) is 0 Å². The van der Waals surface area contributed by atoms with Crippen LogP contribution in [0.1, 0.15) is 47.8 Å². The zero-order chi connectivity index (χ0) is 18.6. The van der Waals surface area contributed by atoms with Gasteiger partial charge in [0.05, 0.1) is 5.69 Å². The fraction of sp³-hybridized carbons (Fsp3) is 0.476. The highest BCUT2D eigenvalue weighted by Crippen LogP contribution is 2.23. The first-order valence-corrected chi connectivity index (χ1v) is 9.77. The van der Waals surface area contributed by atoms with Crippen LogP contribution in [0.15, 0.2) is 30.5 Å². The van der Waals surface area contributed by atoms with E-state index in [1.807, 2.05) is 11.1 Å². The Kier molecular flexibility index (Phi) is 5.43. The van der Waals surface area contributed by atoms with Crippen molar-refractivity contribution in [2.45, 2.75) is 44.6 Å². The number of fused-ring (bicyclic) bond motifs is 1. The molecule has 0 unspecified atom stereocenters. The molecule has 3 heterocycles. The molecule has 1 aromatic heterocycles. The second-order valence-electron chi connectivity index (χ2n) is 7.40. The molecule has 5 nitrogen and oxygen atoms in total. The molecule has 1 N–H and O–H groups in total. The predicted octanol–water partition coefficient (Wildman–Crippen LogP) is 2.60. The summed E-state index contributed by atoms with van der Waals surface area (Å²) in [5, 5.41) is 3.41. The molecule has 4 rings (SSSR count). The molecular weight excluding hydrogens is 343 g/mol. The van der Waals surface area contributed by atoms with Gasteiger partial charge in [-0.2, -0.15) is 0 Å². The SMILES string of the molecule is O=C(CCc1ccccc1F)N1CCc2nc([C@H]3CCCNC3)ncc2C1. The Balaban J connectivity index is 1.37. The van der Waals surface area contributed by atoms with Gasteiger partial charge in [-0.25, -0.2) is 14.4 Å². The highest BCUT2D eigenvalue weighted by atomic mass is 19.1. The minimum Gasteiger partial charge on any atom is -0.338 e. The number of halogens is 1. The van der Waals surface area contributed by atoms with Crippen molar-refractivity contribution >= 4 is 5.91 Å². The molecule has 2 aromatic rings. The normalized spacial score (nSPS) is 19.6. The lowest BCUT2D eigenvalue weighted by Crippen LogP contribution is -2.37. The number of carbonyl (C=O) groups excluding carboxylic acids is 1. The van der Waals surface area contributed by atoms with Crippen LogP contribution in [0.5, 0.6) is 0 Å². The maximum absolute atomic E-state index is 13.7. The van der Waals surface area contributed by atoms with Gasteiger partial charge in [-0.15, -0.1) is 0 Å². The number of hydrogen-bond acceptors (Lipinski definition) is 4. The van der Waals surface area contributed by atoms with E-state index in [2.05, 4.69) is 10.3 Å². The number of aryl methyl sites for hydroxylation is 1. The van der Waals surface area contributed by atoms with Crippen molar-refractivity contribution < 1.29 is 9.18 Å². The van der Waals surface area contributed by atoms with Crippen LogP contribution >= 0.6 is 0 Å². The van der Waals surface area contributed by atoms with E-state index >= 15 is 0 Å². The lowest BCUT2D eigenvalue weighted by Gasteiger charge is -2.29. The van der Waals surface area contributed by atoms with E-state index in [9.17, 15) is 9.18 Å². The molecule has 0 aliphatic carbocycles. The average molecular weight is 368 g/mol. The first-order chi connectivity index (χ1) is 13.2. The topological polar surface area (TPSA) is 58.1 Å². The van der Waals surface area contributed by atoms with Crippen molar-refractivity contribution in [2.75, 3.05) is 19.6 Å². The van der Waals surface area contributed by atoms with Crippen LogP contribution in [-0.4, -0.2) is 40.4 Å². The number of aromatic nitrogens is 2. The predicted molar refractivity (Wildman–Crippen MR) is 101 cm³/mol. The van der Waals surface area contributed by atoms with Crippen LogP contribution in [0.4, 0.5) is 4.39 Å². The highest BCUT2D eigenvalue weighted by molar-refractivity contribution is 5.76. The minimum atomic E-state index is -0.243. The Labute approximate surface area is 159 Å². The molecule has 2 aliphatic heterocycles. The summed E-state index contributed by atoms with van der Waals surface area (Å²) in [5.74, 6) is 1.14. The molecule has 0 radical (unpaired) electrons. The summed E-state index contributed by atoms with van der Waals surface area (Å²) >= 11 is 0. The molecule has 2 aliphatic rings. The van der Waals surface area contributed by atoms with Gasteiger partial charge >= 0.3 is 0 Å². The van der Waals surface area contributed by atoms with E-state index in [0.717, 1.165) is 49.4 Å². The molecule has 142 valence electrons. The van der Waals surface area contributed by atoms with Gasteiger partial charge in [0.2, 0.25) is 5.91 Å². The lowest BCUT2D eigenvalue weighted by molar-refractivity contribution is -0.132. The summed E-state index contributed by atoms with van der Waals surface area (Å²) in [4.78, 5) is 23.8. The second-order valence-corrected chi connectivity index (χ2v) is 7.40. The molecule has 27 heavy (non-hydrogen) atoms. The standard InChI is InChI=1S/C21H25FN4O/c22-18-6-2-1-4-15(18)7-8-20(27)26-11-9-19-17(14-26)13-24-21(25-19)16-5-3-10-23-12-16/h1-2,4,6,13,16,23H,3,5,7-12,14H2/t16-/m0/s1. The third kappa shape index (κ3) is 4.16. The van der Waals surface area contributed by atoms with Gasteiger partial charge < -0.3 is 10.2 Å². The monoisotopic (exact) mass is 368 g/mol. The third-order valence-corrected chi connectivity index (χ3v) is 5.53. The summed E-state index contributed by atoms with van der Waals surface area (Å²) in [5.41, 5.74) is 2.70. The summed E-state index contributed by atoms with van der Waals surface area (Å²) in [6.45, 7) is 3.24. The first kappa shape index (κ1) is 18.0. The molecule has 0 saturated carbocycles. The van der Waals surface area contributed by atoms with Crippen LogP contribution < -0.4 is 5.32 Å². The number of nitrogens with one attached hydrogen (secondary N) is 1. The smallest absolute Gasteiger partial charge is 0.223 e. The van der Waals surface area contributed by atoms with Crippen LogP contribution in [-0.2, 0) is 24.2 Å². The van der Waals surface area contributed by atoms with Gasteiger partial charge in [0.1, 0.15) is 11.6 Å². The van der Waals surface area contributed by atoms with Crippen molar-refractivity contribution in [2.24, 2.45) is 0 Å². The maximum atomic E-state index is 13.7. The fourth-order valence-electron chi connectivity index (χ4n) is 3.91. The summed E-state index contributed by atoms with van der Waals surface area (Å²) in [7, 11) is 0. The molecule has 1 atom stereocenters. The first-order valence-electron chi connectivity index (χ1n) is 9.77. The summed E-state index contributed by atoms with van der Waals surface area (Å²) in [6.07, 6.45) is 5.70. The number of carbonyl (C=O) groups is 1.